The summed E-state index contributed by atoms with van der Waals surface area (Å²) >= 11 is 2.28. The summed E-state index contributed by atoms with van der Waals surface area (Å²) in [6.45, 7) is 5.26. The maximum absolute atomic E-state index is 13.3. The molecular formula is C14H18BrF2N3O2. The van der Waals surface area contributed by atoms with Gasteiger partial charge in [0.1, 0.15) is 16.8 Å². The lowest BCUT2D eigenvalue weighted by Gasteiger charge is -2.41. The van der Waals surface area contributed by atoms with Crippen LogP contribution in [0, 0.1) is 0 Å². The number of nitrogens with one attached hydrogen (secondary N) is 1. The van der Waals surface area contributed by atoms with Crippen LogP contribution in [0.4, 0.5) is 13.6 Å². The van der Waals surface area contributed by atoms with Gasteiger partial charge in [0.15, 0.2) is 5.82 Å². The molecule has 1 aromatic heterocycles. The second-order valence-electron chi connectivity index (χ2n) is 6.33. The second kappa shape index (κ2) is 5.72. The topological polar surface area (TPSA) is 64.1 Å². The number of carbonyl (C=O) groups is 1. The van der Waals surface area contributed by atoms with Gasteiger partial charge in [0.2, 0.25) is 0 Å². The van der Waals surface area contributed by atoms with Crippen LogP contribution in [0.2, 0.25) is 0 Å². The molecule has 8 heteroatoms. The van der Waals surface area contributed by atoms with Crippen molar-refractivity contribution in [3.8, 4) is 0 Å². The Labute approximate surface area is 136 Å². The van der Waals surface area contributed by atoms with E-state index < -0.39 is 27.8 Å². The quantitative estimate of drug-likeness (QED) is 0.813. The Bertz CT molecular complexity index is 566. The average molecular weight is 378 g/mol. The van der Waals surface area contributed by atoms with Crippen LogP contribution >= 0.6 is 15.9 Å². The van der Waals surface area contributed by atoms with Gasteiger partial charge in [-0.2, -0.15) is 8.78 Å². The molecule has 1 aromatic rings. The molecule has 0 unspecified atom stereocenters. The van der Waals surface area contributed by atoms with Gasteiger partial charge < -0.3 is 10.1 Å². The Kier molecular flexibility index (Phi) is 4.43. The van der Waals surface area contributed by atoms with Crippen molar-refractivity contribution in [3.63, 3.8) is 0 Å². The van der Waals surface area contributed by atoms with Gasteiger partial charge in [-0.25, -0.2) is 14.8 Å². The van der Waals surface area contributed by atoms with E-state index >= 15 is 0 Å². The number of halogens is 3. The lowest BCUT2D eigenvalue weighted by Crippen LogP contribution is -2.53. The van der Waals surface area contributed by atoms with Gasteiger partial charge in [0.25, 0.3) is 0 Å². The number of hydrogen-bond acceptors (Lipinski definition) is 4. The Balaban J connectivity index is 2.22. The SMILES string of the molecule is CC(C)(C)OC(=O)NC1(c2nccc(C(F)(F)Br)n2)CCC1. The molecule has 0 radical (unpaired) electrons. The number of carbonyl (C=O) groups excluding carboxylic acids is 1. The van der Waals surface area contributed by atoms with E-state index in [0.717, 1.165) is 12.5 Å². The predicted molar refractivity (Wildman–Crippen MR) is 79.8 cm³/mol. The molecule has 0 atom stereocenters. The number of aromatic nitrogens is 2. The molecule has 2 rings (SSSR count). The van der Waals surface area contributed by atoms with Crippen LogP contribution in [0.3, 0.4) is 0 Å². The number of alkyl halides is 3. The van der Waals surface area contributed by atoms with E-state index in [1.54, 1.807) is 20.8 Å². The Hall–Kier alpha value is -1.31. The largest absolute Gasteiger partial charge is 0.444 e. The van der Waals surface area contributed by atoms with Crippen LogP contribution in [0.5, 0.6) is 0 Å². The molecule has 1 aliphatic carbocycles. The summed E-state index contributed by atoms with van der Waals surface area (Å²) in [6.07, 6.45) is 2.69. The third-order valence-electron chi connectivity index (χ3n) is 3.32. The van der Waals surface area contributed by atoms with Crippen LogP contribution in [-0.4, -0.2) is 21.7 Å². The van der Waals surface area contributed by atoms with Gasteiger partial charge in [0.05, 0.1) is 0 Å². The second-order valence-corrected chi connectivity index (χ2v) is 7.32. The maximum Gasteiger partial charge on any atom is 0.408 e. The summed E-state index contributed by atoms with van der Waals surface area (Å²) in [5.74, 6) is 0.182. The maximum atomic E-state index is 13.3. The molecule has 1 heterocycles. The van der Waals surface area contributed by atoms with Gasteiger partial charge in [-0.1, -0.05) is 0 Å². The molecule has 5 nitrogen and oxygen atoms in total. The zero-order chi connectivity index (χ0) is 16.6. The molecule has 22 heavy (non-hydrogen) atoms. The van der Waals surface area contributed by atoms with Crippen LogP contribution in [0.15, 0.2) is 12.3 Å². The molecule has 122 valence electrons. The first-order chi connectivity index (χ1) is 10.0. The van der Waals surface area contributed by atoms with Gasteiger partial charge in [0, 0.05) is 6.20 Å². The van der Waals surface area contributed by atoms with Crippen molar-refractivity contribution in [3.05, 3.63) is 23.8 Å². The van der Waals surface area contributed by atoms with Crippen LogP contribution in [0.25, 0.3) is 0 Å². The minimum absolute atomic E-state index is 0.182. The first kappa shape index (κ1) is 17.1. The summed E-state index contributed by atoms with van der Waals surface area (Å²) in [7, 11) is 0. The van der Waals surface area contributed by atoms with Crippen molar-refractivity contribution in [2.45, 2.75) is 56.0 Å². The third-order valence-corrected chi connectivity index (χ3v) is 3.73. The van der Waals surface area contributed by atoms with Crippen molar-refractivity contribution < 1.29 is 18.3 Å². The monoisotopic (exact) mass is 377 g/mol. The summed E-state index contributed by atoms with van der Waals surface area (Å²) in [5.41, 5.74) is -1.91. The van der Waals surface area contributed by atoms with Crippen LogP contribution < -0.4 is 5.32 Å². The van der Waals surface area contributed by atoms with Gasteiger partial charge >= 0.3 is 10.9 Å². The van der Waals surface area contributed by atoms with Crippen molar-refractivity contribution in [2.75, 3.05) is 0 Å². The van der Waals surface area contributed by atoms with Crippen molar-refractivity contribution in [2.24, 2.45) is 0 Å². The van der Waals surface area contributed by atoms with Crippen molar-refractivity contribution in [1.82, 2.24) is 15.3 Å². The number of hydrogen-bond donors (Lipinski definition) is 1. The van der Waals surface area contributed by atoms with E-state index in [1.807, 2.05) is 0 Å². The number of alkyl carbamates (subject to hydrolysis) is 1. The molecule has 0 bridgehead atoms. The highest BCUT2D eigenvalue weighted by molar-refractivity contribution is 9.09. The molecule has 1 N–H and O–H groups in total. The highest BCUT2D eigenvalue weighted by atomic mass is 79.9. The minimum atomic E-state index is -3.23. The number of amides is 1. The fourth-order valence-electron chi connectivity index (χ4n) is 2.18. The van der Waals surface area contributed by atoms with Gasteiger partial charge in [-0.15, -0.1) is 0 Å². The molecule has 1 fully saturated rings. The fourth-order valence-corrected chi connectivity index (χ4v) is 2.40. The fraction of sp³-hybridized carbons (Fsp3) is 0.643. The molecule has 1 amide bonds. The zero-order valence-corrected chi connectivity index (χ0v) is 14.2. The van der Waals surface area contributed by atoms with Crippen LogP contribution in [-0.2, 0) is 15.1 Å². The summed E-state index contributed by atoms with van der Waals surface area (Å²) in [6, 6.07) is 1.14. The van der Waals surface area contributed by atoms with E-state index in [4.69, 9.17) is 4.74 Å². The predicted octanol–water partition coefficient (Wildman–Crippen LogP) is 3.82. The average Bonchev–Trinajstić information content (AvgIpc) is 2.31. The molecule has 1 aliphatic rings. The molecule has 0 aromatic carbocycles. The zero-order valence-electron chi connectivity index (χ0n) is 12.6. The first-order valence-electron chi connectivity index (χ1n) is 6.94. The Morgan fingerprint density at radius 2 is 2.05 bits per heavy atom. The lowest BCUT2D eigenvalue weighted by atomic mass is 9.76. The van der Waals surface area contributed by atoms with E-state index in [-0.39, 0.29) is 5.82 Å². The van der Waals surface area contributed by atoms with E-state index in [0.29, 0.717) is 12.8 Å². The lowest BCUT2D eigenvalue weighted by molar-refractivity contribution is 0.0362. The standard InChI is InChI=1S/C14H18BrF2N3O2/c1-12(2,3)22-11(21)20-13(6-4-7-13)10-18-8-5-9(19-10)14(15,16)17/h5,8H,4,6-7H2,1-3H3,(H,20,21). The van der Waals surface area contributed by atoms with Crippen molar-refractivity contribution >= 4 is 22.0 Å². The number of ether oxygens (including phenoxy) is 1. The molecular weight excluding hydrogens is 360 g/mol. The molecule has 0 spiro atoms. The normalized spacial score (nSPS) is 17.5. The van der Waals surface area contributed by atoms with E-state index in [2.05, 4.69) is 31.2 Å². The van der Waals surface area contributed by atoms with Gasteiger partial charge in [-0.3, -0.25) is 0 Å². The molecule has 1 saturated carbocycles. The third kappa shape index (κ3) is 3.91. The van der Waals surface area contributed by atoms with E-state index in [9.17, 15) is 13.6 Å². The highest BCUT2D eigenvalue weighted by Gasteiger charge is 2.44. The van der Waals surface area contributed by atoms with E-state index in [1.165, 1.54) is 6.20 Å². The van der Waals surface area contributed by atoms with Crippen molar-refractivity contribution in [1.29, 1.82) is 0 Å². The summed E-state index contributed by atoms with van der Waals surface area (Å²) < 4.78 is 31.9. The smallest absolute Gasteiger partial charge is 0.408 e. The first-order valence-corrected chi connectivity index (χ1v) is 7.73. The number of rotatable bonds is 3. The van der Waals surface area contributed by atoms with Gasteiger partial charge in [-0.05, 0) is 62.0 Å². The summed E-state index contributed by atoms with van der Waals surface area (Å²) in [4.78, 5) is 16.7. The Morgan fingerprint density at radius 1 is 1.41 bits per heavy atom. The van der Waals surface area contributed by atoms with Crippen LogP contribution in [0.1, 0.15) is 51.6 Å². The minimum Gasteiger partial charge on any atom is -0.444 e. The summed E-state index contributed by atoms with van der Waals surface area (Å²) in [5, 5.41) is 2.74. The number of nitrogens with zero attached hydrogens (tertiary/aromatic N) is 2. The highest BCUT2D eigenvalue weighted by Crippen LogP contribution is 2.41. The molecule has 0 aliphatic heterocycles. The Morgan fingerprint density at radius 3 is 2.50 bits per heavy atom. The molecule has 0 saturated heterocycles.